The average Bonchev–Trinajstić information content (AvgIpc) is 2.90. The third kappa shape index (κ3) is 1.51. The molecule has 1 aliphatic heterocycles. The summed E-state index contributed by atoms with van der Waals surface area (Å²) < 4.78 is 25.5. The highest BCUT2D eigenvalue weighted by atomic mass is 16.8. The molecule has 0 spiro atoms. The van der Waals surface area contributed by atoms with Crippen LogP contribution in [0.2, 0.25) is 0 Å². The third-order valence-corrected chi connectivity index (χ3v) is 4.68. The molecular formula is C16H10O10. The average molecular weight is 362 g/mol. The zero-order valence-electron chi connectivity index (χ0n) is 13.1. The quantitative estimate of drug-likeness (QED) is 0.458. The van der Waals surface area contributed by atoms with Crippen LogP contribution < -0.4 is 21.2 Å². The van der Waals surface area contributed by atoms with Crippen LogP contribution in [-0.4, -0.2) is 35.0 Å². The zero-order valence-corrected chi connectivity index (χ0v) is 13.1. The summed E-state index contributed by atoms with van der Waals surface area (Å²) in [4.78, 5) is 24.9. The van der Waals surface area contributed by atoms with Crippen molar-refractivity contribution in [3.8, 4) is 11.5 Å². The van der Waals surface area contributed by atoms with Crippen LogP contribution in [0, 0.1) is 0 Å². The van der Waals surface area contributed by atoms with Gasteiger partial charge >= 0.3 is 11.3 Å². The van der Waals surface area contributed by atoms with Gasteiger partial charge in [0.15, 0.2) is 23.9 Å². The molecule has 0 bridgehead atoms. The van der Waals surface area contributed by atoms with Crippen molar-refractivity contribution in [2.45, 2.75) is 11.6 Å². The molecule has 3 aromatic rings. The van der Waals surface area contributed by atoms with Crippen molar-refractivity contribution < 1.29 is 38.4 Å². The first-order valence-electron chi connectivity index (χ1n) is 7.40. The second kappa shape index (κ2) is 4.43. The lowest BCUT2D eigenvalue weighted by molar-refractivity contribution is -0.278. The summed E-state index contributed by atoms with van der Waals surface area (Å²) >= 11 is 0. The van der Waals surface area contributed by atoms with E-state index in [1.165, 1.54) is 7.11 Å². The molecule has 2 aliphatic rings. The number of benzene rings is 1. The standard InChI is InChI=1S/C16H10O10/c1-22-10-7(17)2-5-8-9-6(14(19)25-11(8)10)3-15(20)16(21,24-4-23-15)12(9)26-13(5)18/h2-3,17,20-21H,4H2,1H3. The monoisotopic (exact) mass is 362 g/mol. The molecule has 0 saturated carbocycles. The molecule has 5 rings (SSSR count). The summed E-state index contributed by atoms with van der Waals surface area (Å²) in [5, 5.41) is 31.2. The molecule has 10 nitrogen and oxygen atoms in total. The van der Waals surface area contributed by atoms with Crippen LogP contribution in [0.3, 0.4) is 0 Å². The molecule has 0 amide bonds. The van der Waals surface area contributed by atoms with Gasteiger partial charge in [0.05, 0.1) is 17.7 Å². The number of aliphatic hydroxyl groups is 2. The molecular weight excluding hydrogens is 352 g/mol. The highest BCUT2D eigenvalue weighted by Gasteiger charge is 2.62. The molecule has 2 unspecified atom stereocenters. The van der Waals surface area contributed by atoms with Gasteiger partial charge in [0.25, 0.3) is 11.6 Å². The molecule has 3 heterocycles. The molecule has 1 aliphatic carbocycles. The van der Waals surface area contributed by atoms with Crippen molar-refractivity contribution in [2.24, 2.45) is 0 Å². The van der Waals surface area contributed by atoms with Crippen LogP contribution in [0.1, 0.15) is 5.76 Å². The van der Waals surface area contributed by atoms with Crippen molar-refractivity contribution in [1.82, 2.24) is 0 Å². The van der Waals surface area contributed by atoms with Crippen LogP contribution in [0.25, 0.3) is 27.8 Å². The number of methoxy groups -OCH3 is 1. The first kappa shape index (κ1) is 15.3. The van der Waals surface area contributed by atoms with Gasteiger partial charge in [0.2, 0.25) is 5.75 Å². The summed E-state index contributed by atoms with van der Waals surface area (Å²) in [7, 11) is 1.24. The Morgan fingerprint density at radius 1 is 1.12 bits per heavy atom. The fraction of sp³-hybridized carbons (Fsp3) is 0.250. The van der Waals surface area contributed by atoms with Crippen LogP contribution in [0.15, 0.2) is 24.5 Å². The predicted molar refractivity (Wildman–Crippen MR) is 82.3 cm³/mol. The number of hydrogen-bond acceptors (Lipinski definition) is 10. The SMILES string of the molecule is COc1c(O)cc2c(=O)oc3c4c(c(=O)oc1c24)=CC1(O)OCOC31O. The molecule has 3 N–H and O–H groups in total. The normalized spacial score (nSPS) is 26.9. The minimum absolute atomic E-state index is 0.0122. The van der Waals surface area contributed by atoms with E-state index in [0.29, 0.717) is 0 Å². The van der Waals surface area contributed by atoms with Crippen molar-refractivity contribution in [3.63, 3.8) is 0 Å². The number of hydrogen-bond donors (Lipinski definition) is 3. The largest absolute Gasteiger partial charge is 0.504 e. The van der Waals surface area contributed by atoms with E-state index in [1.807, 2.05) is 0 Å². The Balaban J connectivity index is 2.16. The highest BCUT2D eigenvalue weighted by Crippen LogP contribution is 2.47. The highest BCUT2D eigenvalue weighted by molar-refractivity contribution is 6.11. The van der Waals surface area contributed by atoms with E-state index < -0.39 is 41.1 Å². The van der Waals surface area contributed by atoms with Crippen LogP contribution in [-0.2, 0) is 15.3 Å². The van der Waals surface area contributed by atoms with Crippen LogP contribution in [0.4, 0.5) is 0 Å². The molecule has 1 saturated heterocycles. The number of phenols is 1. The molecule has 10 heteroatoms. The van der Waals surface area contributed by atoms with Gasteiger partial charge in [-0.25, -0.2) is 9.59 Å². The van der Waals surface area contributed by atoms with E-state index in [9.17, 15) is 24.9 Å². The number of rotatable bonds is 1. The van der Waals surface area contributed by atoms with Gasteiger partial charge in [-0.3, -0.25) is 0 Å². The predicted octanol–water partition coefficient (Wildman–Crippen LogP) is -1.04. The number of aromatic hydroxyl groups is 1. The van der Waals surface area contributed by atoms with Gasteiger partial charge in [-0.1, -0.05) is 0 Å². The van der Waals surface area contributed by atoms with Gasteiger partial charge in [0, 0.05) is 10.8 Å². The van der Waals surface area contributed by atoms with Crippen molar-refractivity contribution >= 4 is 27.8 Å². The Labute approximate surface area is 142 Å². The Bertz CT molecular complexity index is 1280. The lowest BCUT2D eigenvalue weighted by Gasteiger charge is -2.33. The molecule has 26 heavy (non-hydrogen) atoms. The number of phenolic OH excluding ortho intramolecular Hbond substituents is 1. The minimum Gasteiger partial charge on any atom is -0.504 e. The maximum absolute atomic E-state index is 12.5. The summed E-state index contributed by atoms with van der Waals surface area (Å²) in [6, 6.07) is 1.09. The Morgan fingerprint density at radius 3 is 2.62 bits per heavy atom. The summed E-state index contributed by atoms with van der Waals surface area (Å²) in [6.07, 6.45) is 0.937. The minimum atomic E-state index is -2.54. The van der Waals surface area contributed by atoms with Gasteiger partial charge in [0.1, 0.15) is 0 Å². The van der Waals surface area contributed by atoms with Crippen molar-refractivity contribution in [2.75, 3.05) is 13.9 Å². The lowest BCUT2D eigenvalue weighted by Crippen LogP contribution is -2.53. The molecule has 1 aromatic carbocycles. The van der Waals surface area contributed by atoms with Crippen molar-refractivity contribution in [3.05, 3.63) is 37.9 Å². The summed E-state index contributed by atoms with van der Waals surface area (Å²) in [6.45, 7) is -0.515. The van der Waals surface area contributed by atoms with E-state index in [1.54, 1.807) is 0 Å². The smallest absolute Gasteiger partial charge is 0.344 e. The Hall–Kier alpha value is -2.92. The van der Waals surface area contributed by atoms with Gasteiger partial charge in [-0.15, -0.1) is 0 Å². The van der Waals surface area contributed by atoms with Crippen molar-refractivity contribution in [1.29, 1.82) is 0 Å². The van der Waals surface area contributed by atoms with Gasteiger partial charge < -0.3 is 38.4 Å². The fourth-order valence-electron chi connectivity index (χ4n) is 3.49. The molecule has 1 fully saturated rings. The molecule has 134 valence electrons. The first-order valence-corrected chi connectivity index (χ1v) is 7.40. The topological polar surface area (TPSA) is 149 Å². The first-order chi connectivity index (χ1) is 12.3. The number of fused-ring (bicyclic) bond motifs is 2. The van der Waals surface area contributed by atoms with E-state index in [-0.39, 0.29) is 32.7 Å². The summed E-state index contributed by atoms with van der Waals surface area (Å²) in [5.41, 5.74) is -2.09. The van der Waals surface area contributed by atoms with Crippen LogP contribution in [0.5, 0.6) is 11.5 Å². The van der Waals surface area contributed by atoms with E-state index in [2.05, 4.69) is 0 Å². The Kier molecular flexibility index (Phi) is 2.61. The van der Waals surface area contributed by atoms with E-state index >= 15 is 0 Å². The maximum Gasteiger partial charge on any atom is 0.344 e. The fourth-order valence-corrected chi connectivity index (χ4v) is 3.49. The second-order valence-electron chi connectivity index (χ2n) is 5.97. The third-order valence-electron chi connectivity index (χ3n) is 4.68. The van der Waals surface area contributed by atoms with Gasteiger partial charge in [-0.2, -0.15) is 0 Å². The lowest BCUT2D eigenvalue weighted by atomic mass is 9.90. The maximum atomic E-state index is 12.5. The molecule has 0 radical (unpaired) electrons. The molecule has 2 aromatic heterocycles. The number of ether oxygens (including phenoxy) is 3. The second-order valence-corrected chi connectivity index (χ2v) is 5.97. The van der Waals surface area contributed by atoms with Crippen LogP contribution >= 0.6 is 0 Å². The Morgan fingerprint density at radius 2 is 1.88 bits per heavy atom. The zero-order chi connectivity index (χ0) is 18.4. The van der Waals surface area contributed by atoms with E-state index in [4.69, 9.17) is 23.0 Å². The van der Waals surface area contributed by atoms with E-state index in [0.717, 1.165) is 12.1 Å². The van der Waals surface area contributed by atoms with Gasteiger partial charge in [-0.05, 0) is 12.1 Å². The molecule has 2 atom stereocenters. The summed E-state index contributed by atoms with van der Waals surface area (Å²) in [5.74, 6) is -6.10.